The number of carbonyl (C=O) groups excluding carboxylic acids is 6. The Labute approximate surface area is 623 Å². The maximum Gasteiger partial charge on any atom is 0.408 e. The maximum absolute atomic E-state index is 12.4. The molecule has 0 aromatic heterocycles. The molecule has 5 saturated heterocycles. The molecular formula is C82H92N10O15. The number of hydroxylamine groups is 7. The van der Waals surface area contributed by atoms with Gasteiger partial charge < -0.3 is 46.2 Å². The Bertz CT molecular complexity index is 3990. The molecule has 12 rings (SSSR count). The number of piperidine rings is 3. The number of amides is 6. The van der Waals surface area contributed by atoms with Crippen molar-refractivity contribution in [2.45, 2.75) is 102 Å². The van der Waals surface area contributed by atoms with E-state index in [1.165, 1.54) is 22.4 Å². The highest BCUT2D eigenvalue weighted by molar-refractivity contribution is 5.98. The van der Waals surface area contributed by atoms with Gasteiger partial charge in [-0.3, -0.25) is 49.0 Å². The van der Waals surface area contributed by atoms with E-state index in [0.717, 1.165) is 122 Å². The van der Waals surface area contributed by atoms with Gasteiger partial charge in [0.2, 0.25) is 0 Å². The van der Waals surface area contributed by atoms with Crippen LogP contribution in [0.3, 0.4) is 0 Å². The van der Waals surface area contributed by atoms with Gasteiger partial charge in [-0.25, -0.2) is 29.5 Å². The van der Waals surface area contributed by atoms with E-state index in [-0.39, 0.29) is 37.3 Å². The van der Waals surface area contributed by atoms with Gasteiger partial charge in [-0.05, 0) is 152 Å². The first-order valence-corrected chi connectivity index (χ1v) is 35.9. The molecule has 8 N–H and O–H groups in total. The lowest BCUT2D eigenvalue weighted by Crippen LogP contribution is -2.51. The number of ether oxygens (including phenoxy) is 3. The Kier molecular flexibility index (Phi) is 32.0. The molecule has 5 fully saturated rings. The van der Waals surface area contributed by atoms with Crippen molar-refractivity contribution >= 4 is 47.8 Å². The number of carboxylic acids is 1. The third kappa shape index (κ3) is 27.4. The second-order valence-electron chi connectivity index (χ2n) is 26.0. The monoisotopic (exact) mass is 1460 g/mol. The summed E-state index contributed by atoms with van der Waals surface area (Å²) in [5.41, 5.74) is 15.2. The number of morpholine rings is 2. The summed E-state index contributed by atoms with van der Waals surface area (Å²) in [5, 5.41) is 50.6. The summed E-state index contributed by atoms with van der Waals surface area (Å²) in [6, 6.07) is 55.5. The molecule has 3 unspecified atom stereocenters. The molecule has 25 heteroatoms. The van der Waals surface area contributed by atoms with Gasteiger partial charge in [0.1, 0.15) is 31.3 Å². The van der Waals surface area contributed by atoms with Crippen LogP contribution in [0.4, 0.5) is 4.79 Å². The van der Waals surface area contributed by atoms with E-state index in [0.29, 0.717) is 79.6 Å². The third-order valence-electron chi connectivity index (χ3n) is 17.8. The zero-order valence-corrected chi connectivity index (χ0v) is 59.8. The van der Waals surface area contributed by atoms with Crippen molar-refractivity contribution in [2.24, 2.45) is 5.73 Å². The first kappa shape index (κ1) is 80.0. The topological polar surface area (TPSA) is 321 Å². The lowest BCUT2D eigenvalue weighted by Gasteiger charge is -2.29. The fraction of sp³-hybridized carbons (Fsp3) is 0.341. The van der Waals surface area contributed by atoms with Crippen molar-refractivity contribution in [3.05, 3.63) is 254 Å². The minimum absolute atomic E-state index is 0.0549. The minimum atomic E-state index is -1.17. The minimum Gasteiger partial charge on any atom is -0.624 e. The van der Waals surface area contributed by atoms with E-state index in [9.17, 15) is 54.3 Å². The number of nitrogens with zero attached hydrogens (tertiary/aromatic N) is 6. The number of nitrogens with one attached hydrogen (secondary N) is 3. The Hall–Kier alpha value is -11.1. The lowest BCUT2D eigenvalue weighted by molar-refractivity contribution is -0.453. The number of nitrogens with two attached hydrogens (primary N) is 1. The second kappa shape index (κ2) is 42.8. The van der Waals surface area contributed by atoms with Crippen molar-refractivity contribution in [3.8, 4) is 23.7 Å². The van der Waals surface area contributed by atoms with Gasteiger partial charge in [0, 0.05) is 104 Å². The highest BCUT2D eigenvalue weighted by atomic mass is 16.7. The second-order valence-corrected chi connectivity index (χ2v) is 26.0. The first-order valence-electron chi connectivity index (χ1n) is 35.9. The normalized spacial score (nSPS) is 17.7. The predicted molar refractivity (Wildman–Crippen MR) is 399 cm³/mol. The quantitative estimate of drug-likeness (QED) is 0.00952. The van der Waals surface area contributed by atoms with Crippen LogP contribution in [-0.2, 0) is 64.5 Å². The predicted octanol–water partition coefficient (Wildman–Crippen LogP) is 7.90. The molecule has 25 nitrogen and oxygen atoms in total. The van der Waals surface area contributed by atoms with Gasteiger partial charge in [-0.15, -0.1) is 0 Å². The summed E-state index contributed by atoms with van der Waals surface area (Å²) in [5.74, 6) is 9.65. The number of carbonyl (C=O) groups is 7. The zero-order chi connectivity index (χ0) is 75.5. The van der Waals surface area contributed by atoms with Crippen molar-refractivity contribution in [1.29, 1.82) is 0 Å². The fourth-order valence-electron chi connectivity index (χ4n) is 11.7. The molecule has 7 aromatic rings. The van der Waals surface area contributed by atoms with Crippen molar-refractivity contribution in [1.82, 2.24) is 40.9 Å². The SMILES string of the molecule is NC1CCCN(OCc2ccccc2)C1=O.O=C(NC1CCCN(O)C1=O)c1ccc(C#Cc2ccc(CN3CCOCC3)cc2)cc1.O=C(NC1CCCN(O)C1=O)c1ccc(C#Cc2ccc(CN3CCOCC3)cc2)cc1.O=C(N[C@@H](CCC[N+]([O-])=Cc1ccccc1)C(=O)O)OCc1ccccc1. The van der Waals surface area contributed by atoms with Crippen LogP contribution in [0.15, 0.2) is 188 Å². The van der Waals surface area contributed by atoms with Crippen LogP contribution in [0, 0.1) is 28.9 Å². The van der Waals surface area contributed by atoms with Crippen molar-refractivity contribution in [2.75, 3.05) is 78.8 Å². The molecule has 5 aliphatic rings. The van der Waals surface area contributed by atoms with Crippen LogP contribution in [0.5, 0.6) is 0 Å². The molecule has 560 valence electrons. The number of carboxylic acid groups (broad SMARTS) is 1. The van der Waals surface area contributed by atoms with Gasteiger partial charge in [-0.2, -0.15) is 0 Å². The number of hydrogen-bond acceptors (Lipinski definition) is 17. The zero-order valence-electron chi connectivity index (χ0n) is 59.8. The average Bonchev–Trinajstić information content (AvgIpc) is 0.866. The molecule has 5 heterocycles. The van der Waals surface area contributed by atoms with E-state index in [4.69, 9.17) is 24.8 Å². The van der Waals surface area contributed by atoms with E-state index in [1.54, 1.807) is 72.8 Å². The molecule has 6 amide bonds. The van der Waals surface area contributed by atoms with Crippen molar-refractivity contribution in [3.63, 3.8) is 0 Å². The lowest BCUT2D eigenvalue weighted by atomic mass is 10.1. The van der Waals surface area contributed by atoms with Gasteiger partial charge in [0.25, 0.3) is 29.5 Å². The number of alkyl carbamates (subject to hydrolysis) is 1. The number of aliphatic carboxylic acids is 1. The maximum atomic E-state index is 12.4. The smallest absolute Gasteiger partial charge is 0.408 e. The molecule has 0 spiro atoms. The number of benzene rings is 7. The summed E-state index contributed by atoms with van der Waals surface area (Å²) >= 11 is 0. The van der Waals surface area contributed by atoms with E-state index in [2.05, 4.69) is 73.7 Å². The van der Waals surface area contributed by atoms with Crippen LogP contribution in [0.2, 0.25) is 0 Å². The molecule has 4 atom stereocenters. The average molecular weight is 1460 g/mol. The summed E-state index contributed by atoms with van der Waals surface area (Å²) < 4.78 is 16.5. The first-order chi connectivity index (χ1) is 52.0. The third-order valence-corrected chi connectivity index (χ3v) is 17.8. The summed E-state index contributed by atoms with van der Waals surface area (Å²) in [4.78, 5) is 93.6. The number of rotatable bonds is 20. The summed E-state index contributed by atoms with van der Waals surface area (Å²) in [6.07, 6.45) is 5.07. The van der Waals surface area contributed by atoms with E-state index in [1.807, 2.05) is 91.0 Å². The van der Waals surface area contributed by atoms with Crippen LogP contribution in [-0.4, -0.2) is 196 Å². The molecule has 0 saturated carbocycles. The molecule has 7 aromatic carbocycles. The molecule has 0 aliphatic carbocycles. The summed E-state index contributed by atoms with van der Waals surface area (Å²) in [7, 11) is 0. The van der Waals surface area contributed by atoms with Crippen molar-refractivity contribution < 1.29 is 72.9 Å². The van der Waals surface area contributed by atoms with Gasteiger partial charge in [0.15, 0.2) is 12.8 Å². The van der Waals surface area contributed by atoms with Gasteiger partial charge in [0.05, 0.1) is 32.5 Å². The Balaban J connectivity index is 0.000000169. The highest BCUT2D eigenvalue weighted by Crippen LogP contribution is 2.18. The largest absolute Gasteiger partial charge is 0.624 e. The summed E-state index contributed by atoms with van der Waals surface area (Å²) in [6.45, 7) is 10.7. The van der Waals surface area contributed by atoms with E-state index >= 15 is 0 Å². The Morgan fingerprint density at radius 2 is 0.944 bits per heavy atom. The van der Waals surface area contributed by atoms with Crippen LogP contribution < -0.4 is 21.7 Å². The number of hydrogen-bond donors (Lipinski definition) is 7. The van der Waals surface area contributed by atoms with Gasteiger partial charge in [-0.1, -0.05) is 127 Å². The molecular weight excluding hydrogens is 1360 g/mol. The highest BCUT2D eigenvalue weighted by Gasteiger charge is 2.31. The Morgan fingerprint density at radius 1 is 0.533 bits per heavy atom. The Morgan fingerprint density at radius 3 is 1.38 bits per heavy atom. The van der Waals surface area contributed by atoms with Gasteiger partial charge >= 0.3 is 12.1 Å². The molecule has 5 aliphatic heterocycles. The fourth-order valence-corrected chi connectivity index (χ4v) is 11.7. The van der Waals surface area contributed by atoms with Crippen LogP contribution in [0.1, 0.15) is 122 Å². The standard InChI is InChI=1S/2C25H27N3O4.C20H22N2O5.C12H16N2O2/c2*29-24(26-23-2-1-13-28(31)25(23)30)22-11-9-20(10-12-22)4-3-19-5-7-21(8-6-19)18-27-14-16-32-17-15-27;23-19(24)18(21-20(25)27-15-17-10-5-2-6-11-17)12-7-13-22(26)14-16-8-3-1-4-9-16;13-11-7-4-8-14(12(11)15)16-9-10-5-2-1-3-6-10/h2*5-12,23,31H,1-2,13-18H2,(H,26,29);1-6,8-11,14,18H,7,12-13,15H2,(H,21,25)(H,23,24);1-3,5-6,11H,4,7-9,13H2/t;;18-;/m..0./s1. The molecule has 0 bridgehead atoms. The molecule has 0 radical (unpaired) electrons. The molecule has 107 heavy (non-hydrogen) atoms. The van der Waals surface area contributed by atoms with E-state index < -0.39 is 48.0 Å². The van der Waals surface area contributed by atoms with Crippen LogP contribution >= 0.6 is 0 Å². The van der Waals surface area contributed by atoms with Crippen LogP contribution in [0.25, 0.3) is 0 Å².